The van der Waals surface area contributed by atoms with Crippen LogP contribution in [0.4, 0.5) is 0 Å². The fourth-order valence-corrected chi connectivity index (χ4v) is 4.44. The summed E-state index contributed by atoms with van der Waals surface area (Å²) >= 11 is 1.81. The Kier molecular flexibility index (Phi) is 12.7. The summed E-state index contributed by atoms with van der Waals surface area (Å²) in [6.07, 6.45) is 4.74. The molecule has 3 rings (SSSR count). The van der Waals surface area contributed by atoms with Gasteiger partial charge in [-0.1, -0.05) is 18.2 Å². The number of carbonyl (C=O) groups excluding carboxylic acids is 1. The second-order valence-corrected chi connectivity index (χ2v) is 9.34. The number of likely N-dealkylation sites (N-methyl/N-ethyl adjacent to an activating group) is 1. The number of aliphatic imine (C=N–C) groups is 1. The minimum Gasteiger partial charge on any atom is -0.376 e. The number of guanidine groups is 1. The van der Waals surface area contributed by atoms with Gasteiger partial charge in [-0.15, -0.1) is 35.7 Å². The number of thioether (sulfide) groups is 1. The van der Waals surface area contributed by atoms with Crippen molar-refractivity contribution in [2.75, 3.05) is 59.2 Å². The second-order valence-electron chi connectivity index (χ2n) is 8.17. The normalized spacial score (nSPS) is 19.5. The van der Waals surface area contributed by atoms with E-state index in [0.29, 0.717) is 6.61 Å². The van der Waals surface area contributed by atoms with Crippen molar-refractivity contribution < 1.29 is 14.3 Å². The molecule has 2 aliphatic heterocycles. The molecular weight excluding hydrogens is 539 g/mol. The van der Waals surface area contributed by atoms with Gasteiger partial charge in [-0.2, -0.15) is 0 Å². The SMILES string of the molecule is CN(C)C(=O)CN=C(NCCSc1ccccc1)N1CCC(OCC2CCCO2)CC1.I. The van der Waals surface area contributed by atoms with Crippen molar-refractivity contribution in [1.82, 2.24) is 15.1 Å². The van der Waals surface area contributed by atoms with Gasteiger partial charge in [-0.05, 0) is 37.8 Å². The van der Waals surface area contributed by atoms with Crippen LogP contribution in [-0.2, 0) is 14.3 Å². The quantitative estimate of drug-likeness (QED) is 0.160. The van der Waals surface area contributed by atoms with Crippen LogP contribution in [0.3, 0.4) is 0 Å². The van der Waals surface area contributed by atoms with Gasteiger partial charge >= 0.3 is 0 Å². The number of halogens is 1. The molecule has 1 N–H and O–H groups in total. The number of likely N-dealkylation sites (tertiary alicyclic amines) is 1. The molecule has 0 aromatic heterocycles. The summed E-state index contributed by atoms with van der Waals surface area (Å²) in [5.41, 5.74) is 0. The Morgan fingerprint density at radius 2 is 2.00 bits per heavy atom. The van der Waals surface area contributed by atoms with Crippen molar-refractivity contribution in [1.29, 1.82) is 0 Å². The number of benzene rings is 1. The van der Waals surface area contributed by atoms with Crippen LogP contribution in [-0.4, -0.2) is 93.1 Å². The zero-order valence-electron chi connectivity index (χ0n) is 19.2. The molecule has 2 heterocycles. The first-order valence-corrected chi connectivity index (χ1v) is 12.2. The minimum absolute atomic E-state index is 0. The number of hydrogen-bond donors (Lipinski definition) is 1. The maximum atomic E-state index is 12.0. The Labute approximate surface area is 213 Å². The van der Waals surface area contributed by atoms with Crippen molar-refractivity contribution in [3.05, 3.63) is 30.3 Å². The highest BCUT2D eigenvalue weighted by Gasteiger charge is 2.24. The minimum atomic E-state index is 0. The number of hydrogen-bond acceptors (Lipinski definition) is 5. The van der Waals surface area contributed by atoms with Crippen LogP contribution in [0, 0.1) is 0 Å². The van der Waals surface area contributed by atoms with Crippen LogP contribution < -0.4 is 5.32 Å². The van der Waals surface area contributed by atoms with Gasteiger partial charge in [-0.3, -0.25) is 4.79 Å². The highest BCUT2D eigenvalue weighted by atomic mass is 127. The van der Waals surface area contributed by atoms with Crippen molar-refractivity contribution in [3.8, 4) is 0 Å². The Morgan fingerprint density at radius 1 is 1.25 bits per heavy atom. The van der Waals surface area contributed by atoms with Gasteiger partial charge in [0.2, 0.25) is 5.91 Å². The van der Waals surface area contributed by atoms with Crippen molar-refractivity contribution in [2.45, 2.75) is 42.8 Å². The van der Waals surface area contributed by atoms with E-state index in [1.165, 1.54) is 4.90 Å². The zero-order valence-corrected chi connectivity index (χ0v) is 22.3. The van der Waals surface area contributed by atoms with Crippen LogP contribution in [0.15, 0.2) is 40.2 Å². The van der Waals surface area contributed by atoms with E-state index >= 15 is 0 Å². The molecule has 1 unspecified atom stereocenters. The molecular formula is C23H37IN4O3S. The summed E-state index contributed by atoms with van der Waals surface area (Å²) < 4.78 is 11.8. The molecule has 0 aliphatic carbocycles. The summed E-state index contributed by atoms with van der Waals surface area (Å²) in [6, 6.07) is 10.4. The molecule has 1 amide bonds. The number of amides is 1. The standard InChI is InChI=1S/C23H36N4O3S.HI/c1-26(2)22(28)17-25-23(24-12-16-31-21-8-4-3-5-9-21)27-13-10-19(11-14-27)30-18-20-7-6-15-29-20;/h3-5,8-9,19-20H,6-7,10-18H2,1-2H3,(H,24,25);1H. The van der Waals surface area contributed by atoms with E-state index in [1.807, 2.05) is 17.8 Å². The molecule has 2 saturated heterocycles. The molecule has 7 nitrogen and oxygen atoms in total. The van der Waals surface area contributed by atoms with Gasteiger partial charge in [0, 0.05) is 51.0 Å². The predicted octanol–water partition coefficient (Wildman–Crippen LogP) is 3.09. The summed E-state index contributed by atoms with van der Waals surface area (Å²) in [5, 5.41) is 3.47. The van der Waals surface area contributed by atoms with Gasteiger partial charge in [0.05, 0.1) is 18.8 Å². The van der Waals surface area contributed by atoms with Crippen LogP contribution in [0.2, 0.25) is 0 Å². The molecule has 180 valence electrons. The van der Waals surface area contributed by atoms with E-state index in [0.717, 1.165) is 63.6 Å². The molecule has 0 bridgehead atoms. The highest BCUT2D eigenvalue weighted by Crippen LogP contribution is 2.18. The van der Waals surface area contributed by atoms with Crippen LogP contribution >= 0.6 is 35.7 Å². The summed E-state index contributed by atoms with van der Waals surface area (Å²) in [4.78, 5) is 21.8. The van der Waals surface area contributed by atoms with Crippen molar-refractivity contribution in [3.63, 3.8) is 0 Å². The molecule has 2 fully saturated rings. The van der Waals surface area contributed by atoms with E-state index in [9.17, 15) is 4.79 Å². The van der Waals surface area contributed by atoms with Crippen LogP contribution in [0.1, 0.15) is 25.7 Å². The predicted molar refractivity (Wildman–Crippen MR) is 141 cm³/mol. The average molecular weight is 577 g/mol. The fraction of sp³-hybridized carbons (Fsp3) is 0.652. The molecule has 1 atom stereocenters. The smallest absolute Gasteiger partial charge is 0.243 e. The Morgan fingerprint density at radius 3 is 2.66 bits per heavy atom. The zero-order chi connectivity index (χ0) is 21.9. The number of piperidine rings is 1. The largest absolute Gasteiger partial charge is 0.376 e. The lowest BCUT2D eigenvalue weighted by molar-refractivity contribution is -0.127. The summed E-state index contributed by atoms with van der Waals surface area (Å²) in [5.74, 6) is 1.76. The highest BCUT2D eigenvalue weighted by molar-refractivity contribution is 14.0. The number of rotatable bonds is 9. The third-order valence-electron chi connectivity index (χ3n) is 5.54. The third-order valence-corrected chi connectivity index (χ3v) is 6.56. The first-order chi connectivity index (χ1) is 15.1. The molecule has 32 heavy (non-hydrogen) atoms. The molecule has 1 aromatic rings. The topological polar surface area (TPSA) is 66.4 Å². The van der Waals surface area contributed by atoms with E-state index < -0.39 is 0 Å². The van der Waals surface area contributed by atoms with Gasteiger partial charge in [0.25, 0.3) is 0 Å². The molecule has 1 aromatic carbocycles. The number of nitrogens with zero attached hydrogens (tertiary/aromatic N) is 3. The molecule has 0 radical (unpaired) electrons. The van der Waals surface area contributed by atoms with Crippen molar-refractivity contribution >= 4 is 47.6 Å². The van der Waals surface area contributed by atoms with Gasteiger partial charge < -0.3 is 24.6 Å². The van der Waals surface area contributed by atoms with Crippen LogP contribution in [0.25, 0.3) is 0 Å². The van der Waals surface area contributed by atoms with E-state index in [4.69, 9.17) is 9.47 Å². The lowest BCUT2D eigenvalue weighted by atomic mass is 10.1. The maximum absolute atomic E-state index is 12.0. The van der Waals surface area contributed by atoms with Crippen molar-refractivity contribution in [2.24, 2.45) is 4.99 Å². The Balaban J connectivity index is 0.00000363. The maximum Gasteiger partial charge on any atom is 0.243 e. The van der Waals surface area contributed by atoms with Crippen LogP contribution in [0.5, 0.6) is 0 Å². The number of nitrogens with one attached hydrogen (secondary N) is 1. The first-order valence-electron chi connectivity index (χ1n) is 11.3. The Hall–Kier alpha value is -1.04. The molecule has 9 heteroatoms. The Bertz CT molecular complexity index is 694. The van der Waals surface area contributed by atoms with E-state index in [1.54, 1.807) is 19.0 Å². The van der Waals surface area contributed by atoms with Gasteiger partial charge in [0.1, 0.15) is 6.54 Å². The van der Waals surface area contributed by atoms with Gasteiger partial charge in [-0.25, -0.2) is 4.99 Å². The lowest BCUT2D eigenvalue weighted by Gasteiger charge is -2.34. The first kappa shape index (κ1) is 27.2. The molecule has 0 spiro atoms. The fourth-order valence-electron chi connectivity index (χ4n) is 3.65. The lowest BCUT2D eigenvalue weighted by Crippen LogP contribution is -2.48. The molecule has 2 aliphatic rings. The second kappa shape index (κ2) is 15.0. The van der Waals surface area contributed by atoms with E-state index in [-0.39, 0.29) is 48.6 Å². The van der Waals surface area contributed by atoms with Gasteiger partial charge in [0.15, 0.2) is 5.96 Å². The number of carbonyl (C=O) groups is 1. The average Bonchev–Trinajstić information content (AvgIpc) is 3.32. The number of ether oxygens (including phenoxy) is 2. The summed E-state index contributed by atoms with van der Waals surface area (Å²) in [7, 11) is 3.52. The third kappa shape index (κ3) is 9.44. The molecule has 0 saturated carbocycles. The monoisotopic (exact) mass is 576 g/mol. The van der Waals surface area contributed by atoms with E-state index in [2.05, 4.69) is 39.5 Å². The summed E-state index contributed by atoms with van der Waals surface area (Å²) in [6.45, 7) is 4.29.